The molecule has 0 aliphatic rings. The van der Waals surface area contributed by atoms with Crippen LogP contribution in [0.1, 0.15) is 11.1 Å². The van der Waals surface area contributed by atoms with E-state index in [2.05, 4.69) is 0 Å². The molecule has 0 spiro atoms. The number of aromatic nitrogens is 2. The molecule has 0 unspecified atom stereocenters. The van der Waals surface area contributed by atoms with Gasteiger partial charge in [-0.25, -0.2) is 16.8 Å². The quantitative estimate of drug-likeness (QED) is 0.431. The standard InChI is InChI=1S/C18H16N2O6S2/c21-19-11-3-1-5-17(19)27(23,24)13-15-7-9-16(10-8-15)14-28(25,26)18-6-2-4-12-20(18)22/h1-12H,13-14H2. The van der Waals surface area contributed by atoms with E-state index in [4.69, 9.17) is 0 Å². The normalized spacial score (nSPS) is 12.0. The fourth-order valence-electron chi connectivity index (χ4n) is 2.63. The topological polar surface area (TPSA) is 122 Å². The predicted molar refractivity (Wildman–Crippen MR) is 99.0 cm³/mol. The summed E-state index contributed by atoms with van der Waals surface area (Å²) in [4.78, 5) is 0. The van der Waals surface area contributed by atoms with Crippen molar-refractivity contribution in [2.45, 2.75) is 21.6 Å². The Morgan fingerprint density at radius 3 is 1.29 bits per heavy atom. The number of rotatable bonds is 6. The minimum atomic E-state index is -3.85. The minimum absolute atomic E-state index is 0.286. The van der Waals surface area contributed by atoms with E-state index in [9.17, 15) is 27.3 Å². The van der Waals surface area contributed by atoms with Gasteiger partial charge in [0.25, 0.3) is 0 Å². The molecular formula is C18H16N2O6S2. The van der Waals surface area contributed by atoms with Gasteiger partial charge in [-0.1, -0.05) is 24.3 Å². The number of sulfone groups is 2. The van der Waals surface area contributed by atoms with Crippen LogP contribution in [0.3, 0.4) is 0 Å². The molecule has 1 aromatic carbocycles. The number of benzene rings is 1. The average Bonchev–Trinajstić information content (AvgIpc) is 2.63. The second-order valence-electron chi connectivity index (χ2n) is 6.06. The van der Waals surface area contributed by atoms with Crippen molar-refractivity contribution in [3.05, 3.63) is 94.6 Å². The van der Waals surface area contributed by atoms with Crippen LogP contribution in [0.5, 0.6) is 0 Å². The van der Waals surface area contributed by atoms with Crippen LogP contribution in [-0.4, -0.2) is 16.8 Å². The van der Waals surface area contributed by atoms with Crippen LogP contribution >= 0.6 is 0 Å². The van der Waals surface area contributed by atoms with Crippen molar-refractivity contribution in [2.75, 3.05) is 0 Å². The first-order valence-corrected chi connectivity index (χ1v) is 11.4. The van der Waals surface area contributed by atoms with Crippen LogP contribution in [0.4, 0.5) is 0 Å². The van der Waals surface area contributed by atoms with Crippen molar-refractivity contribution in [1.29, 1.82) is 0 Å². The molecule has 3 rings (SSSR count). The van der Waals surface area contributed by atoms with E-state index in [1.165, 1.54) is 60.7 Å². The van der Waals surface area contributed by atoms with E-state index in [0.29, 0.717) is 11.1 Å². The Bertz CT molecular complexity index is 1110. The lowest BCUT2D eigenvalue weighted by Gasteiger charge is -2.07. The van der Waals surface area contributed by atoms with Gasteiger partial charge in [0.2, 0.25) is 19.7 Å². The van der Waals surface area contributed by atoms with E-state index in [-0.39, 0.29) is 19.5 Å². The third kappa shape index (κ3) is 4.29. The number of pyridine rings is 2. The molecule has 8 nitrogen and oxygen atoms in total. The van der Waals surface area contributed by atoms with Crippen molar-refractivity contribution in [3.63, 3.8) is 0 Å². The van der Waals surface area contributed by atoms with Crippen molar-refractivity contribution in [2.24, 2.45) is 0 Å². The largest absolute Gasteiger partial charge is 0.618 e. The summed E-state index contributed by atoms with van der Waals surface area (Å²) in [5.74, 6) is -0.795. The summed E-state index contributed by atoms with van der Waals surface area (Å²) in [7, 11) is -7.71. The minimum Gasteiger partial charge on any atom is -0.618 e. The van der Waals surface area contributed by atoms with E-state index < -0.39 is 31.2 Å². The second kappa shape index (κ2) is 7.56. The molecule has 0 N–H and O–H groups in total. The van der Waals surface area contributed by atoms with Crippen LogP contribution in [-0.2, 0) is 31.2 Å². The smallest absolute Gasteiger partial charge is 0.308 e. The molecular weight excluding hydrogens is 404 g/mol. The summed E-state index contributed by atoms with van der Waals surface area (Å²) in [5, 5.41) is 22.6. The third-order valence-electron chi connectivity index (χ3n) is 3.95. The van der Waals surface area contributed by atoms with Crippen LogP contribution in [0, 0.1) is 10.4 Å². The summed E-state index contributed by atoms with van der Waals surface area (Å²) in [5.41, 5.74) is 0.812. The van der Waals surface area contributed by atoms with Gasteiger partial charge in [-0.3, -0.25) is 0 Å². The van der Waals surface area contributed by atoms with Gasteiger partial charge >= 0.3 is 10.1 Å². The Morgan fingerprint density at radius 2 is 0.964 bits per heavy atom. The highest BCUT2D eigenvalue weighted by Gasteiger charge is 2.25. The van der Waals surface area contributed by atoms with E-state index in [1.807, 2.05) is 0 Å². The van der Waals surface area contributed by atoms with Gasteiger partial charge in [-0.15, -0.1) is 0 Å². The zero-order valence-electron chi connectivity index (χ0n) is 14.5. The first-order valence-electron chi connectivity index (χ1n) is 8.09. The van der Waals surface area contributed by atoms with Gasteiger partial charge < -0.3 is 10.4 Å². The third-order valence-corrected chi connectivity index (χ3v) is 7.28. The molecule has 0 saturated carbocycles. The molecule has 0 aliphatic heterocycles. The van der Waals surface area contributed by atoms with Crippen LogP contribution < -0.4 is 9.46 Å². The molecule has 28 heavy (non-hydrogen) atoms. The summed E-state index contributed by atoms with van der Waals surface area (Å²) >= 11 is 0. The number of hydrogen-bond donors (Lipinski definition) is 0. The summed E-state index contributed by atoms with van der Waals surface area (Å²) < 4.78 is 50.2. The fraction of sp³-hybridized carbons (Fsp3) is 0.111. The lowest BCUT2D eigenvalue weighted by molar-refractivity contribution is -0.646. The summed E-state index contributed by atoms with van der Waals surface area (Å²) in [6.07, 6.45) is 2.21. The molecule has 0 aliphatic carbocycles. The first-order chi connectivity index (χ1) is 13.2. The SMILES string of the molecule is O=S(=O)(Cc1ccc(CS(=O)(=O)c2cccc[n+]2[O-])cc1)c1cccc[n+]1[O-]. The van der Waals surface area contributed by atoms with Gasteiger partial charge in [-0.05, 0) is 23.3 Å². The Kier molecular flexibility index (Phi) is 5.34. The predicted octanol–water partition coefficient (Wildman–Crippen LogP) is 0.901. The Hall–Kier alpha value is -2.98. The van der Waals surface area contributed by atoms with Gasteiger partial charge in [0.1, 0.15) is 0 Å². The molecule has 0 bridgehead atoms. The fourth-order valence-corrected chi connectivity index (χ4v) is 5.43. The highest BCUT2D eigenvalue weighted by Crippen LogP contribution is 2.17. The second-order valence-corrected chi connectivity index (χ2v) is 9.94. The van der Waals surface area contributed by atoms with E-state index >= 15 is 0 Å². The molecule has 0 amide bonds. The number of nitrogens with zero attached hydrogens (tertiary/aromatic N) is 2. The molecule has 3 aromatic rings. The Balaban J connectivity index is 1.79. The van der Waals surface area contributed by atoms with Gasteiger partial charge in [0, 0.05) is 24.3 Å². The molecule has 0 atom stereocenters. The maximum atomic E-state index is 12.4. The van der Waals surface area contributed by atoms with E-state index in [0.717, 1.165) is 12.4 Å². The first kappa shape index (κ1) is 19.8. The van der Waals surface area contributed by atoms with Crippen LogP contribution in [0.2, 0.25) is 0 Å². The van der Waals surface area contributed by atoms with E-state index in [1.54, 1.807) is 0 Å². The Morgan fingerprint density at radius 1 is 0.607 bits per heavy atom. The zero-order valence-corrected chi connectivity index (χ0v) is 16.1. The lowest BCUT2D eigenvalue weighted by atomic mass is 10.2. The van der Waals surface area contributed by atoms with Crippen molar-refractivity contribution < 1.29 is 26.3 Å². The Labute approximate surface area is 162 Å². The van der Waals surface area contributed by atoms with Gasteiger partial charge in [0.05, 0.1) is 11.5 Å². The molecule has 0 fully saturated rings. The van der Waals surface area contributed by atoms with Crippen LogP contribution in [0.15, 0.2) is 83.1 Å². The summed E-state index contributed by atoms with van der Waals surface area (Å²) in [6, 6.07) is 14.2. The van der Waals surface area contributed by atoms with Crippen molar-refractivity contribution >= 4 is 19.7 Å². The molecule has 10 heteroatoms. The number of hydrogen-bond acceptors (Lipinski definition) is 6. The highest BCUT2D eigenvalue weighted by atomic mass is 32.2. The molecule has 2 heterocycles. The monoisotopic (exact) mass is 420 g/mol. The molecule has 2 aromatic heterocycles. The van der Waals surface area contributed by atoms with Crippen LogP contribution in [0.25, 0.3) is 0 Å². The molecule has 0 saturated heterocycles. The maximum absolute atomic E-state index is 12.4. The maximum Gasteiger partial charge on any atom is 0.308 e. The molecule has 146 valence electrons. The van der Waals surface area contributed by atoms with Crippen molar-refractivity contribution in [3.8, 4) is 0 Å². The summed E-state index contributed by atoms with van der Waals surface area (Å²) in [6.45, 7) is 0. The highest BCUT2D eigenvalue weighted by molar-refractivity contribution is 7.90. The lowest BCUT2D eigenvalue weighted by Crippen LogP contribution is -2.33. The van der Waals surface area contributed by atoms with Gasteiger partial charge in [0.15, 0.2) is 12.4 Å². The average molecular weight is 420 g/mol. The zero-order chi connectivity index (χ0) is 20.4. The van der Waals surface area contributed by atoms with Crippen molar-refractivity contribution in [1.82, 2.24) is 0 Å². The van der Waals surface area contributed by atoms with Gasteiger partial charge in [-0.2, -0.15) is 9.46 Å². The molecule has 0 radical (unpaired) electrons.